The van der Waals surface area contributed by atoms with Crippen molar-refractivity contribution in [2.75, 3.05) is 41.4 Å². The van der Waals surface area contributed by atoms with E-state index in [2.05, 4.69) is 33.8 Å². The smallest absolute Gasteiger partial charge is 0.385 e. The van der Waals surface area contributed by atoms with Gasteiger partial charge in [0.1, 0.15) is 23.6 Å². The fraction of sp³-hybridized carbons (Fsp3) is 0.613. The molecule has 2 amide bonds. The predicted molar refractivity (Wildman–Crippen MR) is 165 cm³/mol. The van der Waals surface area contributed by atoms with Gasteiger partial charge in [-0.1, -0.05) is 6.07 Å². The van der Waals surface area contributed by atoms with E-state index in [1.165, 1.54) is 0 Å². The molecule has 244 valence electrons. The number of nitrogens with zero attached hydrogens (tertiary/aromatic N) is 4. The highest BCUT2D eigenvalue weighted by Crippen LogP contribution is 2.60. The molecule has 0 aromatic carbocycles. The molecule has 45 heavy (non-hydrogen) atoms. The SMILES string of the molecule is CC1(C)CC2CCCNc3cccc(n3)OSNC(=O)c3ccc(N4CCC(OCCCC5(C(F)(F)F)CC5)C4=O)nc3N1C2. The normalized spacial score (nSPS) is 24.5. The van der Waals surface area contributed by atoms with E-state index in [1.807, 2.05) is 12.1 Å². The van der Waals surface area contributed by atoms with E-state index < -0.39 is 23.6 Å². The molecule has 0 spiro atoms. The highest BCUT2D eigenvalue weighted by atomic mass is 32.2. The summed E-state index contributed by atoms with van der Waals surface area (Å²) in [5.74, 6) is 1.67. The Morgan fingerprint density at radius 2 is 1.96 bits per heavy atom. The molecule has 2 saturated heterocycles. The van der Waals surface area contributed by atoms with Gasteiger partial charge in [0.2, 0.25) is 5.88 Å². The summed E-state index contributed by atoms with van der Waals surface area (Å²) in [5, 5.41) is 3.34. The Bertz CT molecular complexity index is 1420. The molecule has 4 aliphatic rings. The van der Waals surface area contributed by atoms with Crippen LogP contribution in [-0.4, -0.2) is 65.8 Å². The van der Waals surface area contributed by atoms with Gasteiger partial charge in [0.25, 0.3) is 11.8 Å². The first-order valence-electron chi connectivity index (χ1n) is 15.6. The number of fused-ring (bicyclic) bond motifs is 6. The first kappa shape index (κ1) is 31.7. The summed E-state index contributed by atoms with van der Waals surface area (Å²) < 4.78 is 53.9. The van der Waals surface area contributed by atoms with Crippen molar-refractivity contribution in [2.24, 2.45) is 11.3 Å². The Labute approximate surface area is 265 Å². The number of aromatic nitrogens is 2. The van der Waals surface area contributed by atoms with Crippen molar-refractivity contribution in [3.05, 3.63) is 35.9 Å². The number of pyridine rings is 2. The van der Waals surface area contributed by atoms with Crippen LogP contribution in [0.2, 0.25) is 0 Å². The zero-order valence-corrected chi connectivity index (χ0v) is 26.3. The summed E-state index contributed by atoms with van der Waals surface area (Å²) in [4.78, 5) is 39.9. The number of anilines is 3. The van der Waals surface area contributed by atoms with Crippen LogP contribution in [0.1, 0.15) is 75.6 Å². The number of nitrogens with one attached hydrogen (secondary N) is 2. The molecule has 2 atom stereocenters. The number of ether oxygens (including phenoxy) is 1. The van der Waals surface area contributed by atoms with Crippen LogP contribution in [0, 0.1) is 11.3 Å². The Morgan fingerprint density at radius 1 is 1.13 bits per heavy atom. The monoisotopic (exact) mass is 648 g/mol. The van der Waals surface area contributed by atoms with Crippen LogP contribution in [0.4, 0.5) is 30.6 Å². The topological polar surface area (TPSA) is 109 Å². The second-order valence-corrected chi connectivity index (χ2v) is 13.6. The molecule has 3 fully saturated rings. The highest BCUT2D eigenvalue weighted by Gasteiger charge is 2.62. The average Bonchev–Trinajstić information content (AvgIpc) is 3.63. The van der Waals surface area contributed by atoms with E-state index in [4.69, 9.17) is 13.9 Å². The molecule has 1 saturated carbocycles. The minimum Gasteiger partial charge on any atom is -0.385 e. The van der Waals surface area contributed by atoms with Gasteiger partial charge in [-0.05, 0) is 82.9 Å². The van der Waals surface area contributed by atoms with Gasteiger partial charge in [-0.25, -0.2) is 4.98 Å². The zero-order valence-electron chi connectivity index (χ0n) is 25.5. The fourth-order valence-corrected chi connectivity index (χ4v) is 7.15. The van der Waals surface area contributed by atoms with E-state index >= 15 is 0 Å². The third-order valence-corrected chi connectivity index (χ3v) is 9.93. The molecule has 2 aromatic heterocycles. The molecule has 2 unspecified atom stereocenters. The van der Waals surface area contributed by atoms with E-state index in [-0.39, 0.29) is 43.7 Å². The van der Waals surface area contributed by atoms with E-state index in [1.54, 1.807) is 23.1 Å². The summed E-state index contributed by atoms with van der Waals surface area (Å²) in [6.07, 6.45) is -1.08. The van der Waals surface area contributed by atoms with Gasteiger partial charge < -0.3 is 19.1 Å². The molecule has 2 aromatic rings. The first-order chi connectivity index (χ1) is 21.5. The van der Waals surface area contributed by atoms with Crippen LogP contribution in [-0.2, 0) is 9.53 Å². The average molecular weight is 649 g/mol. The van der Waals surface area contributed by atoms with E-state index in [0.29, 0.717) is 54.3 Å². The molecule has 10 nitrogen and oxygen atoms in total. The maximum atomic E-state index is 13.5. The number of hydrogen-bond acceptors (Lipinski definition) is 9. The third-order valence-electron chi connectivity index (χ3n) is 9.41. The lowest BCUT2D eigenvalue weighted by Gasteiger charge is -2.34. The highest BCUT2D eigenvalue weighted by molar-refractivity contribution is 7.93. The van der Waals surface area contributed by atoms with Gasteiger partial charge in [-0.15, -0.1) is 0 Å². The largest absolute Gasteiger partial charge is 0.394 e. The van der Waals surface area contributed by atoms with Gasteiger partial charge in [0, 0.05) is 44.3 Å². The maximum absolute atomic E-state index is 13.5. The summed E-state index contributed by atoms with van der Waals surface area (Å²) in [5.41, 5.74) is -1.50. The number of carbonyl (C=O) groups is 2. The minimum atomic E-state index is -4.19. The van der Waals surface area contributed by atoms with Gasteiger partial charge in [-0.2, -0.15) is 18.2 Å². The Hall–Kier alpha value is -3.26. The molecule has 0 radical (unpaired) electrons. The molecule has 5 heterocycles. The molecule has 2 N–H and O–H groups in total. The van der Waals surface area contributed by atoms with Crippen molar-refractivity contribution in [1.29, 1.82) is 0 Å². The molecular weight excluding hydrogens is 609 g/mol. The van der Waals surface area contributed by atoms with Crippen LogP contribution in [0.25, 0.3) is 0 Å². The fourth-order valence-electron chi connectivity index (χ4n) is 6.75. The molecule has 14 heteroatoms. The quantitative estimate of drug-likeness (QED) is 0.225. The summed E-state index contributed by atoms with van der Waals surface area (Å²) in [6, 6.07) is 8.75. The molecular formula is C31H39F3N6O4S. The third kappa shape index (κ3) is 6.81. The Morgan fingerprint density at radius 3 is 2.73 bits per heavy atom. The molecule has 1 aliphatic carbocycles. The number of hydrogen-bond donors (Lipinski definition) is 2. The van der Waals surface area contributed by atoms with Crippen molar-refractivity contribution in [2.45, 2.75) is 83.0 Å². The van der Waals surface area contributed by atoms with E-state index in [0.717, 1.165) is 38.0 Å². The minimum absolute atomic E-state index is 0.0188. The van der Waals surface area contributed by atoms with Gasteiger partial charge in [-0.3, -0.25) is 19.2 Å². The van der Waals surface area contributed by atoms with Crippen LogP contribution < -0.4 is 24.0 Å². The van der Waals surface area contributed by atoms with Crippen LogP contribution >= 0.6 is 12.2 Å². The predicted octanol–water partition coefficient (Wildman–Crippen LogP) is 5.90. The molecule has 6 rings (SSSR count). The second kappa shape index (κ2) is 12.5. The van der Waals surface area contributed by atoms with Crippen molar-refractivity contribution < 1.29 is 31.7 Å². The lowest BCUT2D eigenvalue weighted by atomic mass is 9.93. The van der Waals surface area contributed by atoms with Crippen LogP contribution in [0.3, 0.4) is 0 Å². The second-order valence-electron chi connectivity index (χ2n) is 13.1. The summed E-state index contributed by atoms with van der Waals surface area (Å²) >= 11 is 0.768. The summed E-state index contributed by atoms with van der Waals surface area (Å²) in [7, 11) is 0. The van der Waals surface area contributed by atoms with Crippen molar-refractivity contribution in [3.8, 4) is 5.88 Å². The standard InChI is InChI=1S/C31H39F3N6O4S/c1-29(2)18-20-6-4-15-35-23-7-3-8-25(36-23)44-45-38-27(41)21-9-10-24(37-26(21)40(29)19-20)39-16-11-22(28(39)42)43-17-5-12-30(13-14-30)31(32,33)34/h3,7-10,20,22H,4-6,11-19H2,1-2H3,(H,35,36)(H,38,41). The Balaban J connectivity index is 1.18. The van der Waals surface area contributed by atoms with Crippen LogP contribution in [0.5, 0.6) is 5.88 Å². The lowest BCUT2D eigenvalue weighted by molar-refractivity contribution is -0.190. The van der Waals surface area contributed by atoms with Crippen molar-refractivity contribution in [3.63, 3.8) is 0 Å². The van der Waals surface area contributed by atoms with Crippen molar-refractivity contribution >= 4 is 41.5 Å². The number of halogens is 3. The number of carbonyl (C=O) groups excluding carboxylic acids is 2. The molecule has 3 aliphatic heterocycles. The van der Waals surface area contributed by atoms with E-state index in [9.17, 15) is 22.8 Å². The number of alkyl halides is 3. The maximum Gasteiger partial charge on any atom is 0.394 e. The first-order valence-corrected chi connectivity index (χ1v) is 16.3. The van der Waals surface area contributed by atoms with Gasteiger partial charge in [0.15, 0.2) is 12.2 Å². The Kier molecular flexibility index (Phi) is 8.81. The van der Waals surface area contributed by atoms with Gasteiger partial charge in [0.05, 0.1) is 11.0 Å². The number of rotatable bonds is 6. The van der Waals surface area contributed by atoms with Gasteiger partial charge >= 0.3 is 6.18 Å². The zero-order chi connectivity index (χ0) is 31.8. The summed E-state index contributed by atoms with van der Waals surface area (Å²) in [6.45, 7) is 6.21. The van der Waals surface area contributed by atoms with Crippen molar-refractivity contribution in [1.82, 2.24) is 14.7 Å². The number of amides is 2. The lowest BCUT2D eigenvalue weighted by Crippen LogP contribution is -2.40. The molecule has 4 bridgehead atoms. The van der Waals surface area contributed by atoms with Crippen LogP contribution in [0.15, 0.2) is 30.3 Å².